The Hall–Kier alpha value is -1.65. The van der Waals surface area contributed by atoms with Crippen molar-refractivity contribution in [2.75, 3.05) is 19.0 Å². The van der Waals surface area contributed by atoms with Crippen molar-refractivity contribution in [3.63, 3.8) is 0 Å². The summed E-state index contributed by atoms with van der Waals surface area (Å²) in [6.07, 6.45) is 5.22. The monoisotopic (exact) mass is 221 g/mol. The number of methoxy groups -OCH3 is 1. The molecule has 1 aromatic rings. The van der Waals surface area contributed by atoms with Crippen LogP contribution in [0.3, 0.4) is 0 Å². The van der Waals surface area contributed by atoms with Crippen molar-refractivity contribution in [2.24, 2.45) is 0 Å². The minimum atomic E-state index is -0.302. The lowest BCUT2D eigenvalue weighted by Crippen LogP contribution is -2.17. The Bertz CT molecular complexity index is 377. The molecule has 1 N–H and O–H groups in total. The van der Waals surface area contributed by atoms with E-state index in [2.05, 4.69) is 20.0 Å². The molecule has 0 saturated heterocycles. The van der Waals surface area contributed by atoms with E-state index in [9.17, 15) is 4.79 Å². The van der Waals surface area contributed by atoms with E-state index in [1.807, 2.05) is 6.07 Å². The van der Waals surface area contributed by atoms with Crippen LogP contribution in [-0.2, 0) is 9.53 Å². The zero-order chi connectivity index (χ0) is 11.4. The van der Waals surface area contributed by atoms with Gasteiger partial charge in [0.25, 0.3) is 0 Å². The molecule has 1 heterocycles. The number of hydrogen-bond acceptors (Lipinski definition) is 5. The van der Waals surface area contributed by atoms with Crippen LogP contribution in [0.5, 0.6) is 0 Å². The Morgan fingerprint density at radius 1 is 1.56 bits per heavy atom. The maximum atomic E-state index is 10.9. The number of hydrogen-bond donors (Lipinski definition) is 1. The molecule has 0 atom stereocenters. The predicted molar refractivity (Wildman–Crippen MR) is 59.1 cm³/mol. The lowest BCUT2D eigenvalue weighted by molar-refractivity contribution is -0.138. The summed E-state index contributed by atoms with van der Waals surface area (Å²) >= 11 is 0. The van der Waals surface area contributed by atoms with E-state index in [1.165, 1.54) is 32.7 Å². The van der Waals surface area contributed by atoms with Gasteiger partial charge in [-0.2, -0.15) is 0 Å². The number of rotatable bonds is 4. The Morgan fingerprint density at radius 3 is 3.00 bits per heavy atom. The highest BCUT2D eigenvalue weighted by molar-refractivity contribution is 5.74. The maximum absolute atomic E-state index is 10.9. The van der Waals surface area contributed by atoms with Crippen molar-refractivity contribution in [3.8, 4) is 0 Å². The number of carbonyl (C=O) groups is 1. The third-order valence-corrected chi connectivity index (χ3v) is 2.85. The normalized spacial score (nSPS) is 15.3. The first kappa shape index (κ1) is 10.9. The molecule has 0 aromatic carbocycles. The standard InChI is InChI=1S/C11H15N3O2/c1-16-11(15)6-12-10-5-9(13-7-14-10)8-3-2-4-8/h5,7-8H,2-4,6H2,1H3,(H,12,13,14). The molecule has 0 amide bonds. The molecule has 2 rings (SSSR count). The summed E-state index contributed by atoms with van der Waals surface area (Å²) in [7, 11) is 1.36. The number of nitrogens with one attached hydrogen (secondary N) is 1. The quantitative estimate of drug-likeness (QED) is 0.777. The molecular weight excluding hydrogens is 206 g/mol. The molecule has 86 valence electrons. The number of nitrogens with zero attached hydrogens (tertiary/aromatic N) is 2. The molecule has 0 bridgehead atoms. The summed E-state index contributed by atoms with van der Waals surface area (Å²) in [6, 6.07) is 1.91. The van der Waals surface area contributed by atoms with Crippen molar-refractivity contribution >= 4 is 11.8 Å². The lowest BCUT2D eigenvalue weighted by Gasteiger charge is -2.24. The SMILES string of the molecule is COC(=O)CNc1cc(C2CCC2)ncn1. The van der Waals surface area contributed by atoms with Gasteiger partial charge in [0.1, 0.15) is 18.7 Å². The maximum Gasteiger partial charge on any atom is 0.325 e. The van der Waals surface area contributed by atoms with Gasteiger partial charge in [-0.1, -0.05) is 6.42 Å². The number of carbonyl (C=O) groups excluding carboxylic acids is 1. The van der Waals surface area contributed by atoms with Gasteiger partial charge < -0.3 is 10.1 Å². The van der Waals surface area contributed by atoms with E-state index in [1.54, 1.807) is 0 Å². The second-order valence-corrected chi connectivity index (χ2v) is 3.89. The molecule has 1 fully saturated rings. The van der Waals surface area contributed by atoms with Gasteiger partial charge in [0.05, 0.1) is 7.11 Å². The second-order valence-electron chi connectivity index (χ2n) is 3.89. The number of anilines is 1. The molecule has 1 aliphatic rings. The fourth-order valence-corrected chi connectivity index (χ4v) is 1.63. The fraction of sp³-hybridized carbons (Fsp3) is 0.545. The molecule has 1 saturated carbocycles. The van der Waals surface area contributed by atoms with Gasteiger partial charge in [0.15, 0.2) is 0 Å². The van der Waals surface area contributed by atoms with Crippen LogP contribution in [0, 0.1) is 0 Å². The molecule has 0 spiro atoms. The van der Waals surface area contributed by atoms with Crippen molar-refractivity contribution in [2.45, 2.75) is 25.2 Å². The van der Waals surface area contributed by atoms with Crippen LogP contribution in [0.15, 0.2) is 12.4 Å². The molecule has 5 nitrogen and oxygen atoms in total. The minimum Gasteiger partial charge on any atom is -0.468 e. The summed E-state index contributed by atoms with van der Waals surface area (Å²) in [4.78, 5) is 19.2. The van der Waals surface area contributed by atoms with E-state index >= 15 is 0 Å². The largest absolute Gasteiger partial charge is 0.468 e. The first-order valence-electron chi connectivity index (χ1n) is 5.42. The number of aromatic nitrogens is 2. The van der Waals surface area contributed by atoms with Crippen molar-refractivity contribution < 1.29 is 9.53 Å². The van der Waals surface area contributed by atoms with Crippen LogP contribution >= 0.6 is 0 Å². The van der Waals surface area contributed by atoms with Gasteiger partial charge in [0.2, 0.25) is 0 Å². The topological polar surface area (TPSA) is 64.1 Å². The van der Waals surface area contributed by atoms with E-state index < -0.39 is 0 Å². The Morgan fingerprint density at radius 2 is 2.38 bits per heavy atom. The van der Waals surface area contributed by atoms with Crippen molar-refractivity contribution in [1.82, 2.24) is 9.97 Å². The van der Waals surface area contributed by atoms with E-state index in [4.69, 9.17) is 0 Å². The number of esters is 1. The van der Waals surface area contributed by atoms with E-state index in [0.29, 0.717) is 11.7 Å². The van der Waals surface area contributed by atoms with Gasteiger partial charge in [0, 0.05) is 17.7 Å². The van der Waals surface area contributed by atoms with Crippen LogP contribution < -0.4 is 5.32 Å². The molecule has 1 aliphatic carbocycles. The molecule has 0 unspecified atom stereocenters. The zero-order valence-electron chi connectivity index (χ0n) is 9.27. The summed E-state index contributed by atoms with van der Waals surface area (Å²) in [5.74, 6) is 0.952. The smallest absolute Gasteiger partial charge is 0.325 e. The zero-order valence-corrected chi connectivity index (χ0v) is 9.27. The molecule has 0 aliphatic heterocycles. The number of ether oxygens (including phenoxy) is 1. The van der Waals surface area contributed by atoms with Crippen LogP contribution in [-0.4, -0.2) is 29.6 Å². The summed E-state index contributed by atoms with van der Waals surface area (Å²) in [5.41, 5.74) is 1.06. The third kappa shape index (κ3) is 2.48. The van der Waals surface area contributed by atoms with Crippen molar-refractivity contribution in [1.29, 1.82) is 0 Å². The summed E-state index contributed by atoms with van der Waals surface area (Å²) in [6.45, 7) is 0.137. The third-order valence-electron chi connectivity index (χ3n) is 2.85. The van der Waals surface area contributed by atoms with Crippen LogP contribution in [0.2, 0.25) is 0 Å². The van der Waals surface area contributed by atoms with Crippen LogP contribution in [0.25, 0.3) is 0 Å². The highest BCUT2D eigenvalue weighted by Gasteiger charge is 2.21. The van der Waals surface area contributed by atoms with Gasteiger partial charge in [-0.25, -0.2) is 9.97 Å². The second kappa shape index (κ2) is 4.92. The molecule has 1 aromatic heterocycles. The first-order chi connectivity index (χ1) is 7.79. The average molecular weight is 221 g/mol. The Labute approximate surface area is 94.2 Å². The van der Waals surface area contributed by atoms with E-state index in [0.717, 1.165) is 5.69 Å². The van der Waals surface area contributed by atoms with Gasteiger partial charge in [-0.15, -0.1) is 0 Å². The molecule has 5 heteroatoms. The Balaban J connectivity index is 1.96. The summed E-state index contributed by atoms with van der Waals surface area (Å²) in [5, 5.41) is 2.91. The Kier molecular flexibility index (Phi) is 3.34. The highest BCUT2D eigenvalue weighted by atomic mass is 16.5. The van der Waals surface area contributed by atoms with Crippen LogP contribution in [0.1, 0.15) is 30.9 Å². The van der Waals surface area contributed by atoms with Crippen molar-refractivity contribution in [3.05, 3.63) is 18.1 Å². The van der Waals surface area contributed by atoms with Gasteiger partial charge >= 0.3 is 5.97 Å². The molecular formula is C11H15N3O2. The van der Waals surface area contributed by atoms with Gasteiger partial charge in [-0.05, 0) is 12.8 Å². The average Bonchev–Trinajstić information content (AvgIpc) is 2.24. The molecule has 16 heavy (non-hydrogen) atoms. The predicted octanol–water partition coefficient (Wildman–Crippen LogP) is 1.33. The van der Waals surface area contributed by atoms with E-state index in [-0.39, 0.29) is 12.5 Å². The lowest BCUT2D eigenvalue weighted by atomic mass is 9.83. The highest BCUT2D eigenvalue weighted by Crippen LogP contribution is 2.35. The van der Waals surface area contributed by atoms with Gasteiger partial charge in [-0.3, -0.25) is 4.79 Å². The first-order valence-corrected chi connectivity index (χ1v) is 5.42. The molecule has 0 radical (unpaired) electrons. The van der Waals surface area contributed by atoms with Crippen LogP contribution in [0.4, 0.5) is 5.82 Å². The minimum absolute atomic E-state index is 0.137. The fourth-order valence-electron chi connectivity index (χ4n) is 1.63. The summed E-state index contributed by atoms with van der Waals surface area (Å²) < 4.78 is 4.54.